The lowest BCUT2D eigenvalue weighted by Gasteiger charge is -2.09. The van der Waals surface area contributed by atoms with Gasteiger partial charge in [-0.1, -0.05) is 0 Å². The Morgan fingerprint density at radius 2 is 2.08 bits per heavy atom. The zero-order chi connectivity index (χ0) is 17.1. The number of pyridine rings is 2. The Morgan fingerprint density at radius 1 is 1.25 bits per heavy atom. The normalized spacial score (nSPS) is 11.2. The number of fused-ring (bicyclic) bond motifs is 1. The van der Waals surface area contributed by atoms with Gasteiger partial charge in [0.15, 0.2) is 0 Å². The quantitative estimate of drug-likeness (QED) is 0.779. The Morgan fingerprint density at radius 3 is 2.79 bits per heavy atom. The second kappa shape index (κ2) is 6.76. The molecule has 7 heteroatoms. The average Bonchev–Trinajstić information content (AvgIpc) is 2.98. The Bertz CT molecular complexity index is 872. The van der Waals surface area contributed by atoms with Crippen molar-refractivity contribution < 1.29 is 9.53 Å². The van der Waals surface area contributed by atoms with E-state index in [0.717, 1.165) is 22.2 Å². The van der Waals surface area contributed by atoms with E-state index in [1.165, 1.54) is 0 Å². The molecular weight excluding hydrogens is 306 g/mol. The Labute approximate surface area is 139 Å². The number of nitrogens with one attached hydrogen (secondary N) is 1. The molecule has 0 aliphatic heterocycles. The van der Waals surface area contributed by atoms with E-state index in [9.17, 15) is 4.79 Å². The monoisotopic (exact) mass is 325 g/mol. The first kappa shape index (κ1) is 16.1. The van der Waals surface area contributed by atoms with Gasteiger partial charge in [0.05, 0.1) is 36.0 Å². The lowest BCUT2D eigenvalue weighted by atomic mass is 10.1. The van der Waals surface area contributed by atoms with Gasteiger partial charge in [-0.15, -0.1) is 0 Å². The van der Waals surface area contributed by atoms with E-state index in [1.54, 1.807) is 31.0 Å². The SMILES string of the molecule is CC(C)OCC(=O)Nc1cc2cc(-c3cncn3C)cnc2cn1. The van der Waals surface area contributed by atoms with Gasteiger partial charge < -0.3 is 14.6 Å². The minimum absolute atomic E-state index is 0.00466. The number of nitrogens with zero attached hydrogens (tertiary/aromatic N) is 4. The predicted molar refractivity (Wildman–Crippen MR) is 91.5 cm³/mol. The largest absolute Gasteiger partial charge is 0.369 e. The third-order valence-electron chi connectivity index (χ3n) is 3.50. The van der Waals surface area contributed by atoms with Crippen molar-refractivity contribution in [1.29, 1.82) is 0 Å². The van der Waals surface area contributed by atoms with Gasteiger partial charge in [0.2, 0.25) is 0 Å². The number of rotatable bonds is 5. The molecule has 0 atom stereocenters. The summed E-state index contributed by atoms with van der Waals surface area (Å²) in [7, 11) is 1.93. The van der Waals surface area contributed by atoms with E-state index in [4.69, 9.17) is 4.74 Å². The van der Waals surface area contributed by atoms with Crippen LogP contribution in [0.25, 0.3) is 22.2 Å². The molecule has 0 aromatic carbocycles. The van der Waals surface area contributed by atoms with E-state index in [1.807, 2.05) is 31.5 Å². The molecule has 0 aliphatic rings. The van der Waals surface area contributed by atoms with Crippen LogP contribution in [-0.4, -0.2) is 38.1 Å². The molecule has 0 unspecified atom stereocenters. The summed E-state index contributed by atoms with van der Waals surface area (Å²) in [5, 5.41) is 3.63. The second-order valence-corrected chi connectivity index (χ2v) is 5.78. The fourth-order valence-electron chi connectivity index (χ4n) is 2.30. The topological polar surface area (TPSA) is 81.9 Å². The summed E-state index contributed by atoms with van der Waals surface area (Å²) in [5.74, 6) is 0.245. The lowest BCUT2D eigenvalue weighted by molar-refractivity contribution is -0.121. The van der Waals surface area contributed by atoms with Crippen LogP contribution < -0.4 is 5.32 Å². The van der Waals surface area contributed by atoms with E-state index >= 15 is 0 Å². The van der Waals surface area contributed by atoms with Gasteiger partial charge >= 0.3 is 0 Å². The molecule has 3 aromatic heterocycles. The molecule has 0 saturated heterocycles. The van der Waals surface area contributed by atoms with Crippen LogP contribution in [-0.2, 0) is 16.6 Å². The molecule has 7 nitrogen and oxygen atoms in total. The zero-order valence-corrected chi connectivity index (χ0v) is 13.9. The van der Waals surface area contributed by atoms with Crippen LogP contribution in [0.3, 0.4) is 0 Å². The summed E-state index contributed by atoms with van der Waals surface area (Å²) in [4.78, 5) is 24.6. The molecule has 24 heavy (non-hydrogen) atoms. The summed E-state index contributed by atoms with van der Waals surface area (Å²) < 4.78 is 7.21. The number of aryl methyl sites for hydroxylation is 1. The van der Waals surface area contributed by atoms with Crippen LogP contribution in [0.5, 0.6) is 0 Å². The van der Waals surface area contributed by atoms with Crippen LogP contribution >= 0.6 is 0 Å². The van der Waals surface area contributed by atoms with E-state index in [2.05, 4.69) is 20.3 Å². The number of aromatic nitrogens is 4. The molecule has 0 radical (unpaired) electrons. The third kappa shape index (κ3) is 3.57. The number of hydrogen-bond acceptors (Lipinski definition) is 5. The van der Waals surface area contributed by atoms with Crippen molar-refractivity contribution in [2.75, 3.05) is 11.9 Å². The highest BCUT2D eigenvalue weighted by Crippen LogP contribution is 2.23. The fourth-order valence-corrected chi connectivity index (χ4v) is 2.30. The van der Waals surface area contributed by atoms with Crippen molar-refractivity contribution in [3.63, 3.8) is 0 Å². The standard InChI is InChI=1S/C17H19N5O2/c1-11(2)24-9-17(23)21-16-5-12-4-13(6-19-14(12)7-20-16)15-8-18-10-22(15)3/h4-8,10-11H,9H2,1-3H3,(H,20,21,23). The molecule has 0 spiro atoms. The predicted octanol–water partition coefficient (Wildman–Crippen LogP) is 2.39. The maximum Gasteiger partial charge on any atom is 0.251 e. The van der Waals surface area contributed by atoms with Crippen molar-refractivity contribution in [3.05, 3.63) is 37.1 Å². The van der Waals surface area contributed by atoms with Gasteiger partial charge in [0.1, 0.15) is 12.4 Å². The van der Waals surface area contributed by atoms with E-state index in [0.29, 0.717) is 5.82 Å². The van der Waals surface area contributed by atoms with Crippen LogP contribution in [0.2, 0.25) is 0 Å². The number of imidazole rings is 1. The Kier molecular flexibility index (Phi) is 4.52. The smallest absolute Gasteiger partial charge is 0.251 e. The van der Waals surface area contributed by atoms with Gasteiger partial charge in [-0.2, -0.15) is 0 Å². The van der Waals surface area contributed by atoms with Crippen molar-refractivity contribution in [2.45, 2.75) is 20.0 Å². The molecule has 1 amide bonds. The van der Waals surface area contributed by atoms with Gasteiger partial charge in [0, 0.05) is 24.2 Å². The molecule has 3 rings (SSSR count). The van der Waals surface area contributed by atoms with Gasteiger partial charge in [-0.05, 0) is 26.0 Å². The van der Waals surface area contributed by atoms with Crippen molar-refractivity contribution in [3.8, 4) is 11.3 Å². The third-order valence-corrected chi connectivity index (χ3v) is 3.50. The molecule has 1 N–H and O–H groups in total. The van der Waals surface area contributed by atoms with Crippen LogP contribution in [0, 0.1) is 0 Å². The minimum Gasteiger partial charge on any atom is -0.369 e. The van der Waals surface area contributed by atoms with Gasteiger partial charge in [-0.3, -0.25) is 9.78 Å². The van der Waals surface area contributed by atoms with E-state index in [-0.39, 0.29) is 18.6 Å². The first-order valence-electron chi connectivity index (χ1n) is 7.67. The average molecular weight is 325 g/mol. The van der Waals surface area contributed by atoms with Gasteiger partial charge in [0.25, 0.3) is 5.91 Å². The van der Waals surface area contributed by atoms with Crippen molar-refractivity contribution in [2.24, 2.45) is 7.05 Å². The summed E-state index contributed by atoms with van der Waals surface area (Å²) in [6, 6.07) is 3.80. The van der Waals surface area contributed by atoms with Crippen molar-refractivity contribution in [1.82, 2.24) is 19.5 Å². The number of amides is 1. The highest BCUT2D eigenvalue weighted by molar-refractivity contribution is 5.93. The van der Waals surface area contributed by atoms with Crippen LogP contribution in [0.1, 0.15) is 13.8 Å². The highest BCUT2D eigenvalue weighted by Gasteiger charge is 2.08. The van der Waals surface area contributed by atoms with Crippen LogP contribution in [0.4, 0.5) is 5.82 Å². The minimum atomic E-state index is -0.230. The summed E-state index contributed by atoms with van der Waals surface area (Å²) in [6.45, 7) is 3.77. The lowest BCUT2D eigenvalue weighted by Crippen LogP contribution is -2.21. The maximum absolute atomic E-state index is 11.8. The number of carbonyl (C=O) groups excluding carboxylic acids is 1. The highest BCUT2D eigenvalue weighted by atomic mass is 16.5. The molecule has 0 bridgehead atoms. The molecule has 0 fully saturated rings. The molecule has 3 heterocycles. The second-order valence-electron chi connectivity index (χ2n) is 5.78. The molecule has 0 aliphatic carbocycles. The number of hydrogen-bond donors (Lipinski definition) is 1. The van der Waals surface area contributed by atoms with E-state index < -0.39 is 0 Å². The van der Waals surface area contributed by atoms with Gasteiger partial charge in [-0.25, -0.2) is 9.97 Å². The first-order chi connectivity index (χ1) is 11.5. The molecule has 0 saturated carbocycles. The van der Waals surface area contributed by atoms with Crippen LogP contribution in [0.15, 0.2) is 37.1 Å². The Hall–Kier alpha value is -2.80. The number of carbonyl (C=O) groups is 1. The number of ether oxygens (including phenoxy) is 1. The molecular formula is C17H19N5O2. The maximum atomic E-state index is 11.8. The first-order valence-corrected chi connectivity index (χ1v) is 7.67. The fraction of sp³-hybridized carbons (Fsp3) is 0.294. The Balaban J connectivity index is 1.84. The zero-order valence-electron chi connectivity index (χ0n) is 13.9. The number of anilines is 1. The summed E-state index contributed by atoms with van der Waals surface area (Å²) >= 11 is 0. The molecule has 3 aromatic rings. The molecule has 124 valence electrons. The summed E-state index contributed by atoms with van der Waals surface area (Å²) in [6.07, 6.45) is 6.96. The van der Waals surface area contributed by atoms with Crippen molar-refractivity contribution >= 4 is 22.6 Å². The summed E-state index contributed by atoms with van der Waals surface area (Å²) in [5.41, 5.74) is 2.68.